The van der Waals surface area contributed by atoms with Gasteiger partial charge in [0, 0.05) is 0 Å². The number of hydrogen-bond donors (Lipinski definition) is 1. The lowest BCUT2D eigenvalue weighted by Crippen LogP contribution is -2.79. The van der Waals surface area contributed by atoms with E-state index in [1.54, 1.807) is 0 Å². The Morgan fingerprint density at radius 3 is 0.540 bits per heavy atom. The molecule has 0 saturated heterocycles. The molecule has 0 atom stereocenters. The fraction of sp³-hybridized carbons (Fsp3) is 1.00. The van der Waals surface area contributed by atoms with Crippen molar-refractivity contribution in [2.75, 3.05) is 6.61 Å². The molecule has 0 aromatic rings. The van der Waals surface area contributed by atoms with Crippen LogP contribution in [0.4, 0.5) is 140 Å². The molecule has 0 rings (SSSR count). The lowest BCUT2D eigenvalue weighted by atomic mass is 9.82. The van der Waals surface area contributed by atoms with Gasteiger partial charge in [-0.25, -0.2) is 8.78 Å². The van der Waals surface area contributed by atoms with Crippen molar-refractivity contribution in [3.8, 4) is 0 Å². The summed E-state index contributed by atoms with van der Waals surface area (Å²) in [5.74, 6) is -141. The van der Waals surface area contributed by atoms with E-state index in [0.29, 0.717) is 0 Å². The van der Waals surface area contributed by atoms with E-state index in [9.17, 15) is 140 Å². The normalized spacial score (nSPS) is 17.2. The van der Waals surface area contributed by atoms with Crippen LogP contribution < -0.4 is 0 Å². The van der Waals surface area contributed by atoms with Crippen molar-refractivity contribution in [2.45, 2.75) is 95.3 Å². The molecule has 0 unspecified atom stereocenters. The first-order valence-electron chi connectivity index (χ1n) is 10.6. The lowest BCUT2D eigenvalue weighted by molar-refractivity contribution is -0.488. The van der Waals surface area contributed by atoms with Crippen LogP contribution in [0, 0.1) is 0 Å². The smallest absolute Gasteiger partial charge is 0.385 e. The molecular formula is C17H4F32O. The van der Waals surface area contributed by atoms with Crippen molar-refractivity contribution in [1.82, 2.24) is 0 Å². The van der Waals surface area contributed by atoms with Gasteiger partial charge in [0.1, 0.15) is 6.61 Å². The molecule has 0 spiro atoms. The van der Waals surface area contributed by atoms with E-state index in [4.69, 9.17) is 5.11 Å². The van der Waals surface area contributed by atoms with E-state index in [1.165, 1.54) is 0 Å². The van der Waals surface area contributed by atoms with E-state index in [0.717, 1.165) is 0 Å². The summed E-state index contributed by atoms with van der Waals surface area (Å²) < 4.78 is 427. The maximum absolute atomic E-state index is 13.7. The number of aliphatic hydroxyl groups is 1. The highest BCUT2D eigenvalue weighted by Crippen LogP contribution is 2.69. The Morgan fingerprint density at radius 2 is 0.400 bits per heavy atom. The Hall–Kier alpha value is -2.28. The van der Waals surface area contributed by atoms with Crippen molar-refractivity contribution < 1.29 is 146 Å². The monoisotopic (exact) mass is 832 g/mol. The molecule has 50 heavy (non-hydrogen) atoms. The number of hydrogen-bond acceptors (Lipinski definition) is 1. The van der Waals surface area contributed by atoms with Crippen LogP contribution in [-0.2, 0) is 0 Å². The van der Waals surface area contributed by atoms with Crippen LogP contribution in [-0.4, -0.2) is 107 Å². The Balaban J connectivity index is 7.68. The molecule has 1 nitrogen and oxygen atoms in total. The van der Waals surface area contributed by atoms with Gasteiger partial charge in [-0.3, -0.25) is 0 Å². The second-order valence-corrected chi connectivity index (χ2v) is 9.25. The second-order valence-electron chi connectivity index (χ2n) is 9.25. The van der Waals surface area contributed by atoms with Crippen LogP contribution in [0.3, 0.4) is 0 Å². The van der Waals surface area contributed by atoms with Gasteiger partial charge in [-0.2, -0.15) is 132 Å². The average molecular weight is 832 g/mol. The molecule has 1 N–H and O–H groups in total. The van der Waals surface area contributed by atoms with Gasteiger partial charge in [-0.15, -0.1) is 0 Å². The number of aliphatic hydroxyl groups excluding tert-OH is 1. The summed E-state index contributed by atoms with van der Waals surface area (Å²) in [7, 11) is 0. The molecule has 33 heteroatoms. The molecule has 0 aliphatic rings. The molecule has 0 aromatic carbocycles. The second kappa shape index (κ2) is 11.6. The van der Waals surface area contributed by atoms with Crippen LogP contribution in [0.25, 0.3) is 0 Å². The predicted octanol–water partition coefficient (Wildman–Crippen LogP) is 9.77. The third-order valence-corrected chi connectivity index (χ3v) is 6.08. The summed E-state index contributed by atoms with van der Waals surface area (Å²) >= 11 is 0. The van der Waals surface area contributed by atoms with E-state index >= 15 is 0 Å². The minimum absolute atomic E-state index is 3.91. The zero-order valence-electron chi connectivity index (χ0n) is 21.3. The van der Waals surface area contributed by atoms with Crippen molar-refractivity contribution in [3.63, 3.8) is 0 Å². The summed E-state index contributed by atoms with van der Waals surface area (Å²) in [5, 5.41) is 7.81. The maximum Gasteiger partial charge on any atom is 0.385 e. The minimum atomic E-state index is -10.1. The number of rotatable bonds is 16. The lowest BCUT2D eigenvalue weighted by Gasteiger charge is -2.46. The molecule has 0 heterocycles. The van der Waals surface area contributed by atoms with E-state index in [1.807, 2.05) is 0 Å². The highest BCUT2D eigenvalue weighted by Gasteiger charge is 3.01. The first-order valence-corrected chi connectivity index (χ1v) is 10.6. The molecule has 0 aromatic heterocycles. The maximum atomic E-state index is 13.7. The molecule has 0 aliphatic heterocycles. The first kappa shape index (κ1) is 47.7. The van der Waals surface area contributed by atoms with E-state index < -0.39 is 102 Å². The summed E-state index contributed by atoms with van der Waals surface area (Å²) in [6.07, 6.45) is -6.47. The van der Waals surface area contributed by atoms with Gasteiger partial charge in [0.2, 0.25) is 0 Å². The fourth-order valence-corrected chi connectivity index (χ4v) is 2.84. The molecule has 0 aliphatic carbocycles. The van der Waals surface area contributed by atoms with Crippen LogP contribution in [0.2, 0.25) is 0 Å². The molecule has 0 radical (unpaired) electrons. The third-order valence-electron chi connectivity index (χ3n) is 6.08. The number of halogens is 32. The summed E-state index contributed by atoms with van der Waals surface area (Å²) in [4.78, 5) is 0. The fourth-order valence-electron chi connectivity index (χ4n) is 2.84. The molecule has 0 amide bonds. The van der Waals surface area contributed by atoms with Gasteiger partial charge in [0.25, 0.3) is 0 Å². The highest BCUT2D eigenvalue weighted by atomic mass is 19.4. The van der Waals surface area contributed by atoms with Gasteiger partial charge < -0.3 is 5.11 Å². The van der Waals surface area contributed by atoms with Crippen LogP contribution in [0.15, 0.2) is 0 Å². The van der Waals surface area contributed by atoms with Crippen LogP contribution >= 0.6 is 0 Å². The van der Waals surface area contributed by atoms with Crippen LogP contribution in [0.1, 0.15) is 0 Å². The summed E-state index contributed by atoms with van der Waals surface area (Å²) in [6.45, 7) is -3.91. The zero-order valence-corrected chi connectivity index (χ0v) is 21.3. The van der Waals surface area contributed by atoms with Crippen molar-refractivity contribution in [1.29, 1.82) is 0 Å². The van der Waals surface area contributed by atoms with Gasteiger partial charge in [0.05, 0.1) is 0 Å². The van der Waals surface area contributed by atoms with Gasteiger partial charge in [0.15, 0.2) is 0 Å². The summed E-state index contributed by atoms with van der Waals surface area (Å²) in [5.41, 5.74) is 0. The number of alkyl halides is 32. The van der Waals surface area contributed by atoms with Gasteiger partial charge in [-0.1, -0.05) is 0 Å². The molecule has 0 saturated carbocycles. The minimum Gasteiger partial charge on any atom is -0.390 e. The molecule has 0 bridgehead atoms. The Kier molecular flexibility index (Phi) is 11.1. The third kappa shape index (κ3) is 5.19. The Bertz CT molecular complexity index is 1220. The SMILES string of the molecule is OCC(F)(F)C(F)(F)C(F)(F)C(F)(F)C(F)(F)C(F)(F)C(F)(F)C(F)(F)C(F)(F)C(F)(F)C(F)(F)C(F)(F)C(F)(F)C(F)(F)C(F)(F)C(F)F. The van der Waals surface area contributed by atoms with Crippen molar-refractivity contribution in [3.05, 3.63) is 0 Å². The van der Waals surface area contributed by atoms with Crippen molar-refractivity contribution >= 4 is 0 Å². The van der Waals surface area contributed by atoms with Crippen molar-refractivity contribution in [2.24, 2.45) is 0 Å². The topological polar surface area (TPSA) is 20.2 Å². The molecule has 302 valence electrons. The largest absolute Gasteiger partial charge is 0.390 e. The zero-order chi connectivity index (χ0) is 41.8. The predicted molar refractivity (Wildman–Crippen MR) is 87.3 cm³/mol. The Labute approximate surface area is 249 Å². The molecule has 0 fully saturated rings. The van der Waals surface area contributed by atoms with E-state index in [2.05, 4.69) is 0 Å². The van der Waals surface area contributed by atoms with Gasteiger partial charge >= 0.3 is 95.3 Å². The average Bonchev–Trinajstić information content (AvgIpc) is 2.91. The summed E-state index contributed by atoms with van der Waals surface area (Å²) in [6, 6.07) is 0. The van der Waals surface area contributed by atoms with E-state index in [-0.39, 0.29) is 0 Å². The standard InChI is InChI=1S/C17H4F32O/c18-2(19)4(22,23)6(26,27)8(30,31)10(34,35)12(38,39)14(42,43)16(46,47)17(48,49)15(44,45)13(40,41)11(36,37)9(32,33)7(28,29)5(24,25)3(20,21)1-50/h2,50H,1H2. The molecular weight excluding hydrogens is 828 g/mol. The van der Waals surface area contributed by atoms with Crippen LogP contribution in [0.5, 0.6) is 0 Å². The first-order chi connectivity index (χ1) is 21.0. The Morgan fingerprint density at radius 1 is 0.260 bits per heavy atom. The van der Waals surface area contributed by atoms with Gasteiger partial charge in [-0.05, 0) is 0 Å². The quantitative estimate of drug-likeness (QED) is 0.154. The highest BCUT2D eigenvalue weighted by molar-refractivity contribution is 5.22.